The van der Waals surface area contributed by atoms with Crippen molar-refractivity contribution in [3.05, 3.63) is 59.8 Å². The molecule has 3 rings (SSSR count). The van der Waals surface area contributed by atoms with Crippen LogP contribution in [0.3, 0.4) is 0 Å². The smallest absolute Gasteiger partial charge is 0.128 e. The Morgan fingerprint density at radius 1 is 1.35 bits per heavy atom. The van der Waals surface area contributed by atoms with Gasteiger partial charge in [0.05, 0.1) is 35.5 Å². The minimum atomic E-state index is 0.483. The first-order valence-electron chi connectivity index (χ1n) is 6.33. The molecule has 0 aliphatic rings. The molecule has 0 fully saturated rings. The number of hydrogen-bond donors (Lipinski definition) is 0. The number of hydrogen-bond acceptors (Lipinski definition) is 3. The van der Waals surface area contributed by atoms with E-state index in [1.54, 1.807) is 12.4 Å². The van der Waals surface area contributed by atoms with Crippen LogP contribution in [0, 0.1) is 18.3 Å². The molecule has 2 heterocycles. The van der Waals surface area contributed by atoms with Gasteiger partial charge >= 0.3 is 0 Å². The minimum absolute atomic E-state index is 0.483. The van der Waals surface area contributed by atoms with E-state index in [0.717, 1.165) is 16.8 Å². The summed E-state index contributed by atoms with van der Waals surface area (Å²) in [5.74, 6) is 1.53. The summed E-state index contributed by atoms with van der Waals surface area (Å²) in [4.78, 5) is 4.32. The number of nitriles is 1. The fourth-order valence-corrected chi connectivity index (χ4v) is 2.14. The summed E-state index contributed by atoms with van der Waals surface area (Å²) in [7, 11) is 0. The number of allylic oxidation sites excluding steroid dienone is 1. The quantitative estimate of drug-likeness (QED) is 0.679. The molecule has 2 aromatic heterocycles. The Hall–Kier alpha value is -2.80. The van der Waals surface area contributed by atoms with Crippen LogP contribution in [0.2, 0.25) is 0 Å². The fourth-order valence-electron chi connectivity index (χ4n) is 2.14. The van der Waals surface area contributed by atoms with Gasteiger partial charge < -0.3 is 8.98 Å². The van der Waals surface area contributed by atoms with Gasteiger partial charge in [-0.15, -0.1) is 0 Å². The van der Waals surface area contributed by atoms with Crippen LogP contribution < -0.4 is 0 Å². The second kappa shape index (κ2) is 5.06. The van der Waals surface area contributed by atoms with E-state index in [4.69, 9.17) is 4.42 Å². The first-order valence-corrected chi connectivity index (χ1v) is 6.33. The molecule has 0 atom stereocenters. The molecule has 0 radical (unpaired) electrons. The Morgan fingerprint density at radius 2 is 2.20 bits per heavy atom. The highest BCUT2D eigenvalue weighted by Gasteiger charge is 2.05. The summed E-state index contributed by atoms with van der Waals surface area (Å²) >= 11 is 0. The lowest BCUT2D eigenvalue weighted by Gasteiger charge is -2.02. The fraction of sp³-hybridized carbons (Fsp3) is 0.125. The van der Waals surface area contributed by atoms with E-state index in [0.29, 0.717) is 17.9 Å². The molecule has 0 bridgehead atoms. The van der Waals surface area contributed by atoms with Gasteiger partial charge in [0.2, 0.25) is 0 Å². The van der Waals surface area contributed by atoms with E-state index in [1.807, 2.05) is 47.9 Å². The lowest BCUT2D eigenvalue weighted by Crippen LogP contribution is -1.98. The zero-order valence-corrected chi connectivity index (χ0v) is 11.1. The van der Waals surface area contributed by atoms with Gasteiger partial charge in [-0.25, -0.2) is 4.98 Å². The van der Waals surface area contributed by atoms with Crippen molar-refractivity contribution in [2.45, 2.75) is 13.5 Å². The van der Waals surface area contributed by atoms with Gasteiger partial charge in [-0.2, -0.15) is 5.26 Å². The summed E-state index contributed by atoms with van der Waals surface area (Å²) in [5.41, 5.74) is 2.57. The number of fused-ring (bicyclic) bond motifs is 1. The number of aromatic nitrogens is 2. The molecule has 3 aromatic rings. The van der Waals surface area contributed by atoms with Crippen LogP contribution in [0.25, 0.3) is 17.1 Å². The summed E-state index contributed by atoms with van der Waals surface area (Å²) in [5, 5.41) is 9.27. The molecule has 98 valence electrons. The monoisotopic (exact) mass is 263 g/mol. The van der Waals surface area contributed by atoms with Gasteiger partial charge in [-0.1, -0.05) is 12.1 Å². The van der Waals surface area contributed by atoms with Crippen LogP contribution in [0.1, 0.15) is 11.5 Å². The lowest BCUT2D eigenvalue weighted by atomic mass is 10.2. The summed E-state index contributed by atoms with van der Waals surface area (Å²) in [6.45, 7) is 2.36. The molecule has 0 aliphatic carbocycles. The van der Waals surface area contributed by atoms with E-state index < -0.39 is 0 Å². The molecule has 0 aliphatic heterocycles. The Labute approximate surface area is 116 Å². The third-order valence-electron chi connectivity index (χ3n) is 3.09. The highest BCUT2D eigenvalue weighted by atomic mass is 16.3. The van der Waals surface area contributed by atoms with Crippen molar-refractivity contribution in [3.8, 4) is 6.07 Å². The molecule has 4 heteroatoms. The molecular formula is C16H13N3O. The first-order chi connectivity index (χ1) is 9.76. The van der Waals surface area contributed by atoms with Crippen LogP contribution in [-0.4, -0.2) is 9.55 Å². The maximum Gasteiger partial charge on any atom is 0.128 e. The van der Waals surface area contributed by atoms with Crippen molar-refractivity contribution in [3.63, 3.8) is 0 Å². The zero-order chi connectivity index (χ0) is 13.9. The van der Waals surface area contributed by atoms with Gasteiger partial charge in [-0.05, 0) is 37.3 Å². The summed E-state index contributed by atoms with van der Waals surface area (Å²) in [6, 6.07) is 13.8. The topological polar surface area (TPSA) is 54.8 Å². The number of rotatable bonds is 3. The Bertz CT molecular complexity index is 817. The van der Waals surface area contributed by atoms with Crippen molar-refractivity contribution in [2.24, 2.45) is 0 Å². The third kappa shape index (κ3) is 2.34. The second-order valence-corrected chi connectivity index (χ2v) is 4.59. The van der Waals surface area contributed by atoms with Gasteiger partial charge in [-0.3, -0.25) is 0 Å². The molecule has 0 saturated carbocycles. The maximum absolute atomic E-state index is 9.27. The van der Waals surface area contributed by atoms with Crippen LogP contribution in [0.4, 0.5) is 0 Å². The van der Waals surface area contributed by atoms with Crippen molar-refractivity contribution in [1.82, 2.24) is 9.55 Å². The highest BCUT2D eigenvalue weighted by Crippen LogP contribution is 2.16. The predicted octanol–water partition coefficient (Wildman–Crippen LogP) is 3.54. The van der Waals surface area contributed by atoms with Crippen molar-refractivity contribution in [2.75, 3.05) is 0 Å². The molecule has 1 aromatic carbocycles. The van der Waals surface area contributed by atoms with Crippen molar-refractivity contribution >= 4 is 17.1 Å². The number of nitrogens with zero attached hydrogens (tertiary/aromatic N) is 3. The minimum Gasteiger partial charge on any atom is -0.462 e. The van der Waals surface area contributed by atoms with Gasteiger partial charge in [0.25, 0.3) is 0 Å². The molecule has 4 nitrogen and oxygen atoms in total. The molecular weight excluding hydrogens is 250 g/mol. The van der Waals surface area contributed by atoms with E-state index in [1.165, 1.54) is 0 Å². The van der Waals surface area contributed by atoms with E-state index in [2.05, 4.69) is 11.1 Å². The standard InChI is InChI=1S/C16H13N3O/c1-12-6-7-14(20-12)8-13(9-17)10-19-11-18-15-4-2-3-5-16(15)19/h2-8,11H,10H2,1H3/b13-8-. The SMILES string of the molecule is Cc1ccc(/C=C(/C#N)Cn2cnc3ccccc32)o1. The average Bonchev–Trinajstić information content (AvgIpc) is 3.05. The number of para-hydroxylation sites is 2. The summed E-state index contributed by atoms with van der Waals surface area (Å²) < 4.78 is 7.43. The van der Waals surface area contributed by atoms with E-state index >= 15 is 0 Å². The molecule has 0 saturated heterocycles. The first kappa shape index (κ1) is 12.2. The van der Waals surface area contributed by atoms with Crippen LogP contribution in [0.5, 0.6) is 0 Å². The highest BCUT2D eigenvalue weighted by molar-refractivity contribution is 5.75. The lowest BCUT2D eigenvalue weighted by molar-refractivity contribution is 0.524. The molecule has 0 spiro atoms. The normalized spacial score (nSPS) is 11.7. The summed E-state index contributed by atoms with van der Waals surface area (Å²) in [6.07, 6.45) is 3.52. The Morgan fingerprint density at radius 3 is 2.95 bits per heavy atom. The number of aryl methyl sites for hydroxylation is 1. The van der Waals surface area contributed by atoms with Crippen LogP contribution in [0.15, 0.2) is 52.7 Å². The van der Waals surface area contributed by atoms with Gasteiger partial charge in [0, 0.05) is 0 Å². The zero-order valence-electron chi connectivity index (χ0n) is 11.1. The molecule has 0 unspecified atom stereocenters. The Kier molecular flexibility index (Phi) is 3.10. The molecule has 20 heavy (non-hydrogen) atoms. The molecule has 0 N–H and O–H groups in total. The largest absolute Gasteiger partial charge is 0.462 e. The Balaban J connectivity index is 1.92. The van der Waals surface area contributed by atoms with E-state index in [-0.39, 0.29) is 0 Å². The van der Waals surface area contributed by atoms with E-state index in [9.17, 15) is 5.26 Å². The number of imidazole rings is 1. The van der Waals surface area contributed by atoms with Crippen LogP contribution >= 0.6 is 0 Å². The number of furan rings is 1. The van der Waals surface area contributed by atoms with Gasteiger partial charge in [0.15, 0.2) is 0 Å². The number of benzene rings is 1. The predicted molar refractivity (Wildman–Crippen MR) is 76.8 cm³/mol. The second-order valence-electron chi connectivity index (χ2n) is 4.59. The van der Waals surface area contributed by atoms with Crippen LogP contribution in [-0.2, 0) is 6.54 Å². The van der Waals surface area contributed by atoms with Gasteiger partial charge in [0.1, 0.15) is 11.5 Å². The average molecular weight is 263 g/mol. The maximum atomic E-state index is 9.27. The molecule has 0 amide bonds. The van der Waals surface area contributed by atoms with Crippen molar-refractivity contribution < 1.29 is 4.42 Å². The van der Waals surface area contributed by atoms with Crippen molar-refractivity contribution in [1.29, 1.82) is 5.26 Å². The third-order valence-corrected chi connectivity index (χ3v) is 3.09.